The van der Waals surface area contributed by atoms with Gasteiger partial charge in [-0.15, -0.1) is 0 Å². The Morgan fingerprint density at radius 1 is 1.27 bits per heavy atom. The molecule has 1 aliphatic rings. The van der Waals surface area contributed by atoms with Crippen LogP contribution in [0.1, 0.15) is 6.42 Å². The Kier molecular flexibility index (Phi) is 3.64. The van der Waals surface area contributed by atoms with Gasteiger partial charge in [0, 0.05) is 38.6 Å². The van der Waals surface area contributed by atoms with E-state index in [0.717, 1.165) is 45.7 Å². The molecular formula is C11H20N4. The lowest BCUT2D eigenvalue weighted by Gasteiger charge is -2.35. The van der Waals surface area contributed by atoms with Crippen LogP contribution in [-0.4, -0.2) is 49.2 Å². The topological polar surface area (TPSA) is 48.3 Å². The number of piperazine rings is 1. The molecule has 2 rings (SSSR count). The molecule has 1 saturated heterocycles. The molecule has 15 heavy (non-hydrogen) atoms. The van der Waals surface area contributed by atoms with Crippen molar-refractivity contribution in [2.45, 2.75) is 6.42 Å². The van der Waals surface area contributed by atoms with Gasteiger partial charge in [0.1, 0.15) is 0 Å². The Hall–Kier alpha value is -1.00. The molecule has 84 valence electrons. The number of aromatic nitrogens is 1. The standard InChI is InChI=1S/C11H20N4/c12-3-1-5-14-6-8-15(9-7-14)11-2-4-13-10-11/h2,4,10,13H,1,3,5-9,12H2. The maximum Gasteiger partial charge on any atom is 0.0544 e. The van der Waals surface area contributed by atoms with E-state index in [9.17, 15) is 0 Å². The SMILES string of the molecule is NCCCN1CCN(c2cc[nH]c2)CC1. The van der Waals surface area contributed by atoms with Gasteiger partial charge in [-0.2, -0.15) is 0 Å². The molecule has 0 radical (unpaired) electrons. The lowest BCUT2D eigenvalue weighted by atomic mass is 10.2. The van der Waals surface area contributed by atoms with Crippen molar-refractivity contribution in [1.82, 2.24) is 9.88 Å². The van der Waals surface area contributed by atoms with Gasteiger partial charge in [-0.1, -0.05) is 0 Å². The molecule has 0 bridgehead atoms. The molecule has 1 aliphatic heterocycles. The first kappa shape index (κ1) is 10.5. The van der Waals surface area contributed by atoms with E-state index in [2.05, 4.69) is 27.0 Å². The van der Waals surface area contributed by atoms with Crippen LogP contribution >= 0.6 is 0 Å². The molecule has 0 aliphatic carbocycles. The number of aromatic amines is 1. The summed E-state index contributed by atoms with van der Waals surface area (Å²) in [5.74, 6) is 0. The maximum absolute atomic E-state index is 5.51. The molecule has 0 unspecified atom stereocenters. The minimum Gasteiger partial charge on any atom is -0.368 e. The highest BCUT2D eigenvalue weighted by Gasteiger charge is 2.16. The molecule has 2 heterocycles. The summed E-state index contributed by atoms with van der Waals surface area (Å²) in [6.07, 6.45) is 5.16. The number of hydrogen-bond acceptors (Lipinski definition) is 3. The molecule has 0 amide bonds. The van der Waals surface area contributed by atoms with Gasteiger partial charge in [0.05, 0.1) is 5.69 Å². The van der Waals surface area contributed by atoms with E-state index < -0.39 is 0 Å². The Balaban J connectivity index is 1.77. The lowest BCUT2D eigenvalue weighted by Crippen LogP contribution is -2.46. The zero-order valence-corrected chi connectivity index (χ0v) is 9.15. The summed E-state index contributed by atoms with van der Waals surface area (Å²) in [6, 6.07) is 2.13. The highest BCUT2D eigenvalue weighted by atomic mass is 15.3. The Labute approximate surface area is 91.0 Å². The zero-order chi connectivity index (χ0) is 10.5. The quantitative estimate of drug-likeness (QED) is 0.757. The van der Waals surface area contributed by atoms with E-state index in [1.165, 1.54) is 5.69 Å². The van der Waals surface area contributed by atoms with E-state index in [-0.39, 0.29) is 0 Å². The fourth-order valence-electron chi connectivity index (χ4n) is 2.06. The number of hydrogen-bond donors (Lipinski definition) is 2. The Morgan fingerprint density at radius 3 is 2.67 bits per heavy atom. The maximum atomic E-state index is 5.51. The molecule has 0 aromatic carbocycles. The van der Waals surface area contributed by atoms with Crippen LogP contribution in [0.5, 0.6) is 0 Å². The highest BCUT2D eigenvalue weighted by molar-refractivity contribution is 5.44. The third kappa shape index (κ3) is 2.73. The van der Waals surface area contributed by atoms with Crippen molar-refractivity contribution >= 4 is 5.69 Å². The van der Waals surface area contributed by atoms with Gasteiger partial charge in [-0.25, -0.2) is 0 Å². The van der Waals surface area contributed by atoms with E-state index >= 15 is 0 Å². The summed E-state index contributed by atoms with van der Waals surface area (Å²) in [6.45, 7) is 6.52. The molecule has 0 spiro atoms. The largest absolute Gasteiger partial charge is 0.368 e. The lowest BCUT2D eigenvalue weighted by molar-refractivity contribution is 0.256. The van der Waals surface area contributed by atoms with Crippen molar-refractivity contribution in [2.75, 3.05) is 44.2 Å². The Morgan fingerprint density at radius 2 is 2.07 bits per heavy atom. The first-order valence-corrected chi connectivity index (χ1v) is 5.70. The first-order chi connectivity index (χ1) is 7.40. The number of nitrogens with zero attached hydrogens (tertiary/aromatic N) is 2. The van der Waals surface area contributed by atoms with Crippen molar-refractivity contribution in [3.8, 4) is 0 Å². The van der Waals surface area contributed by atoms with Crippen molar-refractivity contribution in [1.29, 1.82) is 0 Å². The Bertz CT molecular complexity index is 262. The minimum absolute atomic E-state index is 0.804. The van der Waals surface area contributed by atoms with Crippen LogP contribution in [0, 0.1) is 0 Å². The van der Waals surface area contributed by atoms with Crippen LogP contribution in [-0.2, 0) is 0 Å². The second-order valence-electron chi connectivity index (χ2n) is 4.04. The van der Waals surface area contributed by atoms with Crippen molar-refractivity contribution < 1.29 is 0 Å². The predicted molar refractivity (Wildman–Crippen MR) is 63.1 cm³/mol. The monoisotopic (exact) mass is 208 g/mol. The van der Waals surface area contributed by atoms with Gasteiger partial charge in [-0.05, 0) is 25.6 Å². The summed E-state index contributed by atoms with van der Waals surface area (Å²) in [5, 5.41) is 0. The van der Waals surface area contributed by atoms with Gasteiger partial charge in [0.15, 0.2) is 0 Å². The second-order valence-corrected chi connectivity index (χ2v) is 4.04. The van der Waals surface area contributed by atoms with Crippen LogP contribution in [0.25, 0.3) is 0 Å². The second kappa shape index (κ2) is 5.19. The summed E-state index contributed by atoms with van der Waals surface area (Å²) < 4.78 is 0. The third-order valence-electron chi connectivity index (χ3n) is 3.00. The number of rotatable bonds is 4. The number of anilines is 1. The summed E-state index contributed by atoms with van der Waals surface area (Å²) in [7, 11) is 0. The van der Waals surface area contributed by atoms with Gasteiger partial charge < -0.3 is 15.6 Å². The molecule has 3 N–H and O–H groups in total. The number of H-pyrrole nitrogens is 1. The molecular weight excluding hydrogens is 188 g/mol. The highest BCUT2D eigenvalue weighted by Crippen LogP contribution is 2.14. The molecule has 0 saturated carbocycles. The molecule has 4 nitrogen and oxygen atoms in total. The molecule has 4 heteroatoms. The molecule has 1 aromatic rings. The molecule has 0 atom stereocenters. The van der Waals surface area contributed by atoms with Crippen LogP contribution < -0.4 is 10.6 Å². The fourth-order valence-corrected chi connectivity index (χ4v) is 2.06. The molecule has 1 aromatic heterocycles. The fraction of sp³-hybridized carbons (Fsp3) is 0.636. The van der Waals surface area contributed by atoms with Gasteiger partial charge >= 0.3 is 0 Å². The van der Waals surface area contributed by atoms with E-state index in [1.807, 2.05) is 6.20 Å². The van der Waals surface area contributed by atoms with Gasteiger partial charge in [-0.3, -0.25) is 4.90 Å². The first-order valence-electron chi connectivity index (χ1n) is 5.70. The van der Waals surface area contributed by atoms with Gasteiger partial charge in [0.2, 0.25) is 0 Å². The predicted octanol–water partition coefficient (Wildman–Crippen LogP) is 0.486. The van der Waals surface area contributed by atoms with Crippen LogP contribution in [0.3, 0.4) is 0 Å². The minimum atomic E-state index is 0.804. The van der Waals surface area contributed by atoms with E-state index in [4.69, 9.17) is 5.73 Å². The van der Waals surface area contributed by atoms with Crippen molar-refractivity contribution in [3.63, 3.8) is 0 Å². The van der Waals surface area contributed by atoms with E-state index in [0.29, 0.717) is 0 Å². The summed E-state index contributed by atoms with van der Waals surface area (Å²) in [4.78, 5) is 8.02. The van der Waals surface area contributed by atoms with Crippen LogP contribution in [0.15, 0.2) is 18.5 Å². The summed E-state index contributed by atoms with van der Waals surface area (Å²) >= 11 is 0. The van der Waals surface area contributed by atoms with Gasteiger partial charge in [0.25, 0.3) is 0 Å². The number of nitrogens with two attached hydrogens (primary N) is 1. The van der Waals surface area contributed by atoms with Crippen LogP contribution in [0.2, 0.25) is 0 Å². The van der Waals surface area contributed by atoms with Crippen molar-refractivity contribution in [3.05, 3.63) is 18.5 Å². The summed E-state index contributed by atoms with van der Waals surface area (Å²) in [5.41, 5.74) is 6.82. The van der Waals surface area contributed by atoms with E-state index in [1.54, 1.807) is 0 Å². The van der Waals surface area contributed by atoms with Crippen molar-refractivity contribution in [2.24, 2.45) is 5.73 Å². The zero-order valence-electron chi connectivity index (χ0n) is 9.15. The normalized spacial score (nSPS) is 18.3. The molecule has 1 fully saturated rings. The average Bonchev–Trinajstić information content (AvgIpc) is 2.80. The average molecular weight is 208 g/mol. The third-order valence-corrected chi connectivity index (χ3v) is 3.00. The van der Waals surface area contributed by atoms with Crippen LogP contribution in [0.4, 0.5) is 5.69 Å². The number of nitrogens with one attached hydrogen (secondary N) is 1. The smallest absolute Gasteiger partial charge is 0.0544 e.